The molecule has 40 heavy (non-hydrogen) atoms. The highest BCUT2D eigenvalue weighted by Crippen LogP contribution is 2.22. The van der Waals surface area contributed by atoms with Crippen LogP contribution in [0, 0.1) is 0 Å². The first kappa shape index (κ1) is 29.9. The van der Waals surface area contributed by atoms with Crippen molar-refractivity contribution < 1.29 is 22.8 Å². The largest absolute Gasteiger partial charge is 0.350 e. The molecule has 2 aliphatic rings. The molecule has 0 aromatic heterocycles. The van der Waals surface area contributed by atoms with E-state index in [0.29, 0.717) is 36.4 Å². The first-order valence-corrected chi connectivity index (χ1v) is 15.2. The molecule has 4 rings (SSSR count). The van der Waals surface area contributed by atoms with Crippen molar-refractivity contribution in [3.05, 3.63) is 70.2 Å². The number of halogens is 1. The predicted octanol–water partition coefficient (Wildman–Crippen LogP) is 0.454. The van der Waals surface area contributed by atoms with Crippen molar-refractivity contribution in [2.24, 2.45) is 11.5 Å². The van der Waals surface area contributed by atoms with Gasteiger partial charge in [0.2, 0.25) is 21.8 Å². The summed E-state index contributed by atoms with van der Waals surface area (Å²) in [6, 6.07) is 10.9. The first-order chi connectivity index (χ1) is 19.1. The van der Waals surface area contributed by atoms with Crippen LogP contribution in [0.5, 0.6) is 0 Å². The molecule has 2 saturated heterocycles. The zero-order chi connectivity index (χ0) is 28.9. The molecule has 13 heteroatoms. The Labute approximate surface area is 239 Å². The van der Waals surface area contributed by atoms with Crippen LogP contribution in [0.4, 0.5) is 0 Å². The van der Waals surface area contributed by atoms with E-state index >= 15 is 0 Å². The van der Waals surface area contributed by atoms with Crippen LogP contribution in [0.25, 0.3) is 0 Å². The fourth-order valence-corrected chi connectivity index (χ4v) is 6.59. The highest BCUT2D eigenvalue weighted by atomic mass is 35.5. The number of rotatable bonds is 10. The summed E-state index contributed by atoms with van der Waals surface area (Å²) in [7, 11) is -4.09. The van der Waals surface area contributed by atoms with Gasteiger partial charge < -0.3 is 26.6 Å². The molecular weight excluding hydrogens is 556 g/mol. The van der Waals surface area contributed by atoms with E-state index in [-0.39, 0.29) is 32.2 Å². The lowest BCUT2D eigenvalue weighted by atomic mass is 10.1. The highest BCUT2D eigenvalue weighted by Gasteiger charge is 2.43. The van der Waals surface area contributed by atoms with Crippen molar-refractivity contribution in [3.8, 4) is 0 Å². The molecule has 0 radical (unpaired) electrons. The molecule has 0 spiro atoms. The summed E-state index contributed by atoms with van der Waals surface area (Å²) < 4.78 is 28.5. The Morgan fingerprint density at radius 2 is 1.77 bits per heavy atom. The van der Waals surface area contributed by atoms with E-state index < -0.39 is 45.6 Å². The number of hydrogen-bond donors (Lipinski definition) is 4. The van der Waals surface area contributed by atoms with Crippen LogP contribution in [0.3, 0.4) is 0 Å². The topological polar surface area (TPSA) is 168 Å². The van der Waals surface area contributed by atoms with Gasteiger partial charge in [0.1, 0.15) is 6.04 Å². The SMILES string of the molecule is NCc1ccc(Cl)cc1CNC(=O)[C@@H]1CCCN1C(=O)C(NS(=O)(=O)Cc1ccccc1)C(=O)N1CC[C@H](N)C1. The Morgan fingerprint density at radius 1 is 1.02 bits per heavy atom. The molecule has 11 nitrogen and oxygen atoms in total. The Balaban J connectivity index is 1.52. The Morgan fingerprint density at radius 3 is 2.45 bits per heavy atom. The van der Waals surface area contributed by atoms with Crippen LogP contribution in [-0.2, 0) is 43.2 Å². The second kappa shape index (κ2) is 13.1. The lowest BCUT2D eigenvalue weighted by molar-refractivity contribution is -0.146. The minimum absolute atomic E-state index is 0.155. The fraction of sp³-hybridized carbons (Fsp3) is 0.444. The number of nitrogens with zero attached hydrogens (tertiary/aromatic N) is 2. The maximum atomic E-state index is 13.8. The number of nitrogens with two attached hydrogens (primary N) is 2. The van der Waals surface area contributed by atoms with Gasteiger partial charge in [0.05, 0.1) is 5.75 Å². The van der Waals surface area contributed by atoms with Crippen LogP contribution in [-0.4, -0.2) is 73.7 Å². The number of benzene rings is 2. The third-order valence-electron chi connectivity index (χ3n) is 7.21. The number of sulfonamides is 1. The molecule has 0 aliphatic carbocycles. The average Bonchev–Trinajstić information content (AvgIpc) is 3.59. The molecule has 6 N–H and O–H groups in total. The highest BCUT2D eigenvalue weighted by molar-refractivity contribution is 7.88. The minimum Gasteiger partial charge on any atom is -0.350 e. The summed E-state index contributed by atoms with van der Waals surface area (Å²) in [5.74, 6) is -2.25. The lowest BCUT2D eigenvalue weighted by Crippen LogP contribution is -2.59. The van der Waals surface area contributed by atoms with Gasteiger partial charge in [0.15, 0.2) is 6.04 Å². The van der Waals surface area contributed by atoms with Gasteiger partial charge in [-0.05, 0) is 48.1 Å². The standard InChI is InChI=1S/C27H35ClN6O5S/c28-21-9-8-19(14-29)20(13-21)15-31-25(35)23-7-4-11-34(23)27(37)24(26(36)33-12-10-22(30)16-33)32-40(38,39)17-18-5-2-1-3-6-18/h1-3,5-6,8-9,13,22-24,32H,4,7,10-12,14-17,29-30H2,(H,31,35)/t22-,23-,24?/m0/s1. The van der Waals surface area contributed by atoms with E-state index in [1.54, 1.807) is 48.5 Å². The number of carbonyl (C=O) groups is 3. The van der Waals surface area contributed by atoms with Gasteiger partial charge in [-0.2, -0.15) is 4.72 Å². The zero-order valence-electron chi connectivity index (χ0n) is 22.1. The van der Waals surface area contributed by atoms with E-state index in [1.807, 2.05) is 0 Å². The van der Waals surface area contributed by atoms with E-state index in [1.165, 1.54) is 9.80 Å². The van der Waals surface area contributed by atoms with Crippen molar-refractivity contribution in [1.82, 2.24) is 19.8 Å². The minimum atomic E-state index is -4.09. The predicted molar refractivity (Wildman–Crippen MR) is 151 cm³/mol. The van der Waals surface area contributed by atoms with Crippen LogP contribution in [0.1, 0.15) is 36.0 Å². The summed E-state index contributed by atoms with van der Waals surface area (Å²) in [5, 5.41) is 3.34. The van der Waals surface area contributed by atoms with Gasteiger partial charge in [0, 0.05) is 43.8 Å². The van der Waals surface area contributed by atoms with Gasteiger partial charge >= 0.3 is 0 Å². The van der Waals surface area contributed by atoms with Gasteiger partial charge in [-0.25, -0.2) is 8.42 Å². The molecule has 2 fully saturated rings. The Hall–Kier alpha value is -3.03. The van der Waals surface area contributed by atoms with Gasteiger partial charge in [-0.3, -0.25) is 14.4 Å². The Bertz CT molecular complexity index is 1340. The normalized spacial score (nSPS) is 20.0. The number of carbonyl (C=O) groups excluding carboxylic acids is 3. The van der Waals surface area contributed by atoms with Crippen LogP contribution < -0.4 is 21.5 Å². The van der Waals surface area contributed by atoms with E-state index in [2.05, 4.69) is 10.0 Å². The maximum Gasteiger partial charge on any atom is 0.251 e. The molecule has 0 saturated carbocycles. The smallest absolute Gasteiger partial charge is 0.251 e. The van der Waals surface area contributed by atoms with Gasteiger partial charge in [0.25, 0.3) is 5.91 Å². The third kappa shape index (κ3) is 7.38. The quantitative estimate of drug-likeness (QED) is 0.291. The number of nitrogens with one attached hydrogen (secondary N) is 2. The summed E-state index contributed by atoms with van der Waals surface area (Å²) in [4.78, 5) is 43.2. The summed E-state index contributed by atoms with van der Waals surface area (Å²) >= 11 is 6.11. The fourth-order valence-electron chi connectivity index (χ4n) is 5.12. The Kier molecular flexibility index (Phi) is 9.80. The number of likely N-dealkylation sites (tertiary alicyclic amines) is 2. The molecule has 216 valence electrons. The second-order valence-electron chi connectivity index (χ2n) is 10.2. The van der Waals surface area contributed by atoms with E-state index in [0.717, 1.165) is 11.1 Å². The van der Waals surface area contributed by atoms with Gasteiger partial charge in [-0.15, -0.1) is 0 Å². The van der Waals surface area contributed by atoms with Crippen LogP contribution >= 0.6 is 11.6 Å². The van der Waals surface area contributed by atoms with Crippen molar-refractivity contribution in [1.29, 1.82) is 0 Å². The van der Waals surface area contributed by atoms with E-state index in [9.17, 15) is 22.8 Å². The molecule has 3 amide bonds. The molecule has 0 bridgehead atoms. The van der Waals surface area contributed by atoms with Crippen LogP contribution in [0.15, 0.2) is 48.5 Å². The molecule has 2 aromatic rings. The third-order valence-corrected chi connectivity index (χ3v) is 8.75. The first-order valence-electron chi connectivity index (χ1n) is 13.2. The molecule has 2 aliphatic heterocycles. The number of amides is 3. The van der Waals surface area contributed by atoms with Gasteiger partial charge in [-0.1, -0.05) is 48.0 Å². The molecule has 3 atom stereocenters. The lowest BCUT2D eigenvalue weighted by Gasteiger charge is -2.30. The van der Waals surface area contributed by atoms with E-state index in [4.69, 9.17) is 23.1 Å². The summed E-state index contributed by atoms with van der Waals surface area (Å²) in [6.07, 6.45) is 1.46. The molecule has 2 heterocycles. The zero-order valence-corrected chi connectivity index (χ0v) is 23.7. The monoisotopic (exact) mass is 590 g/mol. The summed E-state index contributed by atoms with van der Waals surface area (Å²) in [5.41, 5.74) is 13.9. The number of hydrogen-bond acceptors (Lipinski definition) is 7. The van der Waals surface area contributed by atoms with Crippen molar-refractivity contribution >= 4 is 39.3 Å². The van der Waals surface area contributed by atoms with Crippen molar-refractivity contribution in [2.75, 3.05) is 19.6 Å². The maximum absolute atomic E-state index is 13.8. The van der Waals surface area contributed by atoms with Crippen molar-refractivity contribution in [3.63, 3.8) is 0 Å². The molecule has 2 aromatic carbocycles. The second-order valence-corrected chi connectivity index (χ2v) is 12.3. The van der Waals surface area contributed by atoms with Crippen LogP contribution in [0.2, 0.25) is 5.02 Å². The average molecular weight is 591 g/mol. The van der Waals surface area contributed by atoms with Crippen molar-refractivity contribution in [2.45, 2.75) is 56.2 Å². The molecule has 1 unspecified atom stereocenters. The summed E-state index contributed by atoms with van der Waals surface area (Å²) in [6.45, 7) is 1.17. The molecular formula is C27H35ClN6O5S.